The normalized spacial score (nSPS) is 10.1. The molecule has 0 bridgehead atoms. The molecule has 1 rings (SSSR count). The number of aliphatic hydroxyl groups is 1. The third-order valence-corrected chi connectivity index (χ3v) is 2.34. The number of benzene rings is 1. The Balaban J connectivity index is 2.42. The second-order valence-corrected chi connectivity index (χ2v) is 3.66. The van der Waals surface area contributed by atoms with E-state index in [2.05, 4.69) is 6.92 Å². The van der Waals surface area contributed by atoms with Crippen molar-refractivity contribution in [1.82, 2.24) is 0 Å². The SMILES string of the molecule is CCCCCOc1ccc(C(=O)CO)cc1. The monoisotopic (exact) mass is 222 g/mol. The molecule has 0 saturated carbocycles. The van der Waals surface area contributed by atoms with Crippen molar-refractivity contribution in [2.24, 2.45) is 0 Å². The number of carbonyl (C=O) groups excluding carboxylic acids is 1. The summed E-state index contributed by atoms with van der Waals surface area (Å²) in [6.07, 6.45) is 3.39. The van der Waals surface area contributed by atoms with Gasteiger partial charge < -0.3 is 9.84 Å². The smallest absolute Gasteiger partial charge is 0.188 e. The van der Waals surface area contributed by atoms with Gasteiger partial charge in [0.1, 0.15) is 12.4 Å². The van der Waals surface area contributed by atoms with Crippen LogP contribution in [0.5, 0.6) is 5.75 Å². The van der Waals surface area contributed by atoms with Gasteiger partial charge >= 0.3 is 0 Å². The summed E-state index contributed by atoms with van der Waals surface area (Å²) in [7, 11) is 0. The van der Waals surface area contributed by atoms with E-state index in [9.17, 15) is 4.79 Å². The average Bonchev–Trinajstić information content (AvgIpc) is 2.34. The van der Waals surface area contributed by atoms with Crippen molar-refractivity contribution in [3.05, 3.63) is 29.8 Å². The molecule has 0 spiro atoms. The topological polar surface area (TPSA) is 46.5 Å². The number of hydrogen-bond donors (Lipinski definition) is 1. The molecule has 3 heteroatoms. The summed E-state index contributed by atoms with van der Waals surface area (Å²) >= 11 is 0. The standard InChI is InChI=1S/C13H18O3/c1-2-3-4-9-16-12-7-5-11(6-8-12)13(15)10-14/h5-8,14H,2-4,9-10H2,1H3. The molecular weight excluding hydrogens is 204 g/mol. The van der Waals surface area contributed by atoms with Crippen LogP contribution in [0, 0.1) is 0 Å². The maximum Gasteiger partial charge on any atom is 0.188 e. The van der Waals surface area contributed by atoms with E-state index in [1.165, 1.54) is 12.8 Å². The van der Waals surface area contributed by atoms with Crippen LogP contribution in [0.1, 0.15) is 36.5 Å². The Kier molecular flexibility index (Phi) is 5.57. The Morgan fingerprint density at radius 1 is 1.25 bits per heavy atom. The summed E-state index contributed by atoms with van der Waals surface area (Å²) in [5, 5.41) is 8.68. The molecule has 1 aromatic rings. The molecule has 0 aromatic heterocycles. The average molecular weight is 222 g/mol. The molecule has 0 atom stereocenters. The highest BCUT2D eigenvalue weighted by Crippen LogP contribution is 2.13. The minimum atomic E-state index is -0.448. The summed E-state index contributed by atoms with van der Waals surface area (Å²) in [6, 6.07) is 6.87. The van der Waals surface area contributed by atoms with Gasteiger partial charge in [0, 0.05) is 5.56 Å². The predicted octanol–water partition coefficient (Wildman–Crippen LogP) is 2.43. The van der Waals surface area contributed by atoms with Crippen LogP contribution in [0.3, 0.4) is 0 Å². The van der Waals surface area contributed by atoms with Gasteiger partial charge in [0.2, 0.25) is 0 Å². The van der Waals surface area contributed by atoms with Gasteiger partial charge in [-0.15, -0.1) is 0 Å². The van der Waals surface area contributed by atoms with Crippen LogP contribution in [-0.4, -0.2) is 24.1 Å². The van der Waals surface area contributed by atoms with Crippen molar-refractivity contribution in [3.63, 3.8) is 0 Å². The van der Waals surface area contributed by atoms with E-state index >= 15 is 0 Å². The Morgan fingerprint density at radius 2 is 1.94 bits per heavy atom. The minimum absolute atomic E-state index is 0.266. The van der Waals surface area contributed by atoms with Gasteiger partial charge in [0.25, 0.3) is 0 Å². The zero-order valence-electron chi connectivity index (χ0n) is 9.61. The quantitative estimate of drug-likeness (QED) is 0.569. The van der Waals surface area contributed by atoms with Crippen LogP contribution in [-0.2, 0) is 0 Å². The Bertz CT molecular complexity index is 316. The van der Waals surface area contributed by atoms with Crippen molar-refractivity contribution in [1.29, 1.82) is 0 Å². The lowest BCUT2D eigenvalue weighted by Gasteiger charge is -2.06. The second-order valence-electron chi connectivity index (χ2n) is 3.66. The van der Waals surface area contributed by atoms with E-state index in [0.29, 0.717) is 12.2 Å². The second kappa shape index (κ2) is 7.01. The molecule has 1 aromatic carbocycles. The number of Topliss-reactive ketones (excluding diaryl/α,β-unsaturated/α-hetero) is 1. The predicted molar refractivity (Wildman–Crippen MR) is 62.9 cm³/mol. The van der Waals surface area contributed by atoms with Gasteiger partial charge in [-0.1, -0.05) is 19.8 Å². The van der Waals surface area contributed by atoms with Gasteiger partial charge in [-0.3, -0.25) is 4.79 Å². The first-order valence-corrected chi connectivity index (χ1v) is 5.65. The summed E-state index contributed by atoms with van der Waals surface area (Å²) in [5.41, 5.74) is 0.517. The molecule has 0 aliphatic heterocycles. The lowest BCUT2D eigenvalue weighted by molar-refractivity contribution is 0.0903. The highest BCUT2D eigenvalue weighted by molar-refractivity contribution is 5.96. The molecule has 0 unspecified atom stereocenters. The number of hydrogen-bond acceptors (Lipinski definition) is 3. The van der Waals surface area contributed by atoms with Crippen LogP contribution in [0.15, 0.2) is 24.3 Å². The highest BCUT2D eigenvalue weighted by Gasteiger charge is 2.03. The first-order valence-electron chi connectivity index (χ1n) is 5.65. The molecule has 0 fully saturated rings. The summed E-state index contributed by atoms with van der Waals surface area (Å²) in [6.45, 7) is 2.41. The lowest BCUT2D eigenvalue weighted by atomic mass is 10.1. The summed E-state index contributed by atoms with van der Waals surface area (Å²) in [4.78, 5) is 11.1. The van der Waals surface area contributed by atoms with Gasteiger partial charge in [-0.05, 0) is 30.7 Å². The summed E-state index contributed by atoms with van der Waals surface area (Å²) < 4.78 is 5.50. The molecule has 0 saturated heterocycles. The molecule has 88 valence electrons. The fourth-order valence-corrected chi connectivity index (χ4v) is 1.37. The van der Waals surface area contributed by atoms with E-state index in [0.717, 1.165) is 12.2 Å². The fraction of sp³-hybridized carbons (Fsp3) is 0.462. The molecule has 3 nitrogen and oxygen atoms in total. The molecular formula is C13H18O3. The van der Waals surface area contributed by atoms with Crippen LogP contribution in [0.4, 0.5) is 0 Å². The van der Waals surface area contributed by atoms with E-state index in [4.69, 9.17) is 9.84 Å². The van der Waals surface area contributed by atoms with E-state index in [1.54, 1.807) is 24.3 Å². The molecule has 0 amide bonds. The van der Waals surface area contributed by atoms with E-state index in [1.807, 2.05) is 0 Å². The summed E-state index contributed by atoms with van der Waals surface area (Å²) in [5.74, 6) is 0.503. The highest BCUT2D eigenvalue weighted by atomic mass is 16.5. The molecule has 1 N–H and O–H groups in total. The van der Waals surface area contributed by atoms with Crippen molar-refractivity contribution < 1.29 is 14.6 Å². The van der Waals surface area contributed by atoms with Crippen molar-refractivity contribution >= 4 is 5.78 Å². The van der Waals surface area contributed by atoms with Crippen molar-refractivity contribution in [2.75, 3.05) is 13.2 Å². The number of aliphatic hydroxyl groups excluding tert-OH is 1. The molecule has 0 heterocycles. The zero-order chi connectivity index (χ0) is 11.8. The molecule has 0 aliphatic rings. The molecule has 16 heavy (non-hydrogen) atoms. The largest absolute Gasteiger partial charge is 0.494 e. The third kappa shape index (κ3) is 4.03. The Hall–Kier alpha value is -1.35. The van der Waals surface area contributed by atoms with Gasteiger partial charge in [0.05, 0.1) is 6.61 Å². The van der Waals surface area contributed by atoms with Crippen molar-refractivity contribution in [2.45, 2.75) is 26.2 Å². The first-order chi connectivity index (χ1) is 7.77. The van der Waals surface area contributed by atoms with Gasteiger partial charge in [-0.2, -0.15) is 0 Å². The van der Waals surface area contributed by atoms with E-state index in [-0.39, 0.29) is 5.78 Å². The maximum atomic E-state index is 11.1. The Labute approximate surface area is 96.1 Å². The van der Waals surface area contributed by atoms with E-state index < -0.39 is 6.61 Å². The van der Waals surface area contributed by atoms with Gasteiger partial charge in [0.15, 0.2) is 5.78 Å². The van der Waals surface area contributed by atoms with Crippen LogP contribution < -0.4 is 4.74 Å². The number of carbonyl (C=O) groups is 1. The maximum absolute atomic E-state index is 11.1. The number of ketones is 1. The first kappa shape index (κ1) is 12.7. The van der Waals surface area contributed by atoms with Crippen LogP contribution >= 0.6 is 0 Å². The minimum Gasteiger partial charge on any atom is -0.494 e. The van der Waals surface area contributed by atoms with Crippen LogP contribution in [0.25, 0.3) is 0 Å². The van der Waals surface area contributed by atoms with Crippen LogP contribution in [0.2, 0.25) is 0 Å². The molecule has 0 radical (unpaired) electrons. The van der Waals surface area contributed by atoms with Crippen molar-refractivity contribution in [3.8, 4) is 5.75 Å². The number of unbranched alkanes of at least 4 members (excludes halogenated alkanes) is 2. The molecule has 0 aliphatic carbocycles. The Morgan fingerprint density at radius 3 is 2.50 bits per heavy atom. The number of ether oxygens (including phenoxy) is 1. The van der Waals surface area contributed by atoms with Gasteiger partial charge in [-0.25, -0.2) is 0 Å². The third-order valence-electron chi connectivity index (χ3n) is 2.34. The zero-order valence-corrected chi connectivity index (χ0v) is 9.61. The fourth-order valence-electron chi connectivity index (χ4n) is 1.37. The number of rotatable bonds is 7. The lowest BCUT2D eigenvalue weighted by Crippen LogP contribution is -2.04.